The van der Waals surface area contributed by atoms with Crippen molar-refractivity contribution < 1.29 is 4.74 Å². The molecule has 2 unspecified atom stereocenters. The number of ether oxygens (including phenoxy) is 1. The number of morpholine rings is 1. The van der Waals surface area contributed by atoms with Gasteiger partial charge in [0.15, 0.2) is 0 Å². The summed E-state index contributed by atoms with van der Waals surface area (Å²) < 4.78 is 5.84. The summed E-state index contributed by atoms with van der Waals surface area (Å²) in [5.41, 5.74) is 2.66. The lowest BCUT2D eigenvalue weighted by Crippen LogP contribution is -2.50. The number of rotatable bonds is 2. The van der Waals surface area contributed by atoms with E-state index in [4.69, 9.17) is 4.74 Å². The molecule has 1 fully saturated rings. The third kappa shape index (κ3) is 3.30. The Morgan fingerprint density at radius 1 is 1.41 bits per heavy atom. The highest BCUT2D eigenvalue weighted by atomic mass is 16.5. The van der Waals surface area contributed by atoms with Crippen LogP contribution in [0.4, 0.5) is 0 Å². The second kappa shape index (κ2) is 7.46. The van der Waals surface area contributed by atoms with Gasteiger partial charge in [-0.05, 0) is 30.9 Å². The highest BCUT2D eigenvalue weighted by Crippen LogP contribution is 2.30. The fraction of sp³-hybridized carbons (Fsp3) is 0.600. The van der Waals surface area contributed by atoms with E-state index >= 15 is 0 Å². The van der Waals surface area contributed by atoms with Gasteiger partial charge < -0.3 is 10.1 Å². The lowest BCUT2D eigenvalue weighted by atomic mass is 9.84. The molecule has 0 amide bonds. The molecule has 1 aliphatic heterocycles. The molecule has 2 aliphatic rings. The maximum Gasteiger partial charge on any atom is 0.0980 e. The van der Waals surface area contributed by atoms with Crippen molar-refractivity contribution in [2.24, 2.45) is 0 Å². The van der Waals surface area contributed by atoms with Crippen LogP contribution in [0.5, 0.6) is 0 Å². The van der Waals surface area contributed by atoms with Gasteiger partial charge in [0.2, 0.25) is 0 Å². The van der Waals surface area contributed by atoms with Crippen molar-refractivity contribution in [3.8, 4) is 0 Å². The highest BCUT2D eigenvalue weighted by Gasteiger charge is 2.32. The normalized spacial score (nSPS) is 28.4. The number of allylic oxidation sites excluding steroid dienone is 3. The Bertz CT molecular complexity index is 304. The Morgan fingerprint density at radius 2 is 2.18 bits per heavy atom. The number of hydrogen-bond acceptors (Lipinski definition) is 2. The van der Waals surface area contributed by atoms with Crippen LogP contribution in [0.2, 0.25) is 0 Å². The van der Waals surface area contributed by atoms with Crippen LogP contribution >= 0.6 is 0 Å². The average molecular weight is 235 g/mol. The van der Waals surface area contributed by atoms with Gasteiger partial charge in [0.05, 0.1) is 12.7 Å². The highest BCUT2D eigenvalue weighted by molar-refractivity contribution is 5.38. The van der Waals surface area contributed by atoms with Crippen molar-refractivity contribution in [1.82, 2.24) is 5.32 Å². The topological polar surface area (TPSA) is 21.3 Å². The minimum absolute atomic E-state index is 0.219. The second-order valence-corrected chi connectivity index (χ2v) is 4.08. The number of nitrogens with one attached hydrogen (secondary N) is 1. The van der Waals surface area contributed by atoms with E-state index in [9.17, 15) is 0 Å². The van der Waals surface area contributed by atoms with E-state index in [0.717, 1.165) is 19.6 Å². The van der Waals surface area contributed by atoms with E-state index in [1.165, 1.54) is 17.6 Å². The molecule has 2 rings (SSSR count). The minimum atomic E-state index is 0.219. The molecular formula is C15H25NO. The van der Waals surface area contributed by atoms with Gasteiger partial charge in [-0.2, -0.15) is 0 Å². The van der Waals surface area contributed by atoms with E-state index in [1.54, 1.807) is 0 Å². The monoisotopic (exact) mass is 235 g/mol. The Morgan fingerprint density at radius 3 is 2.82 bits per heavy atom. The standard InChI is InChI=1S/C13H19NO.C2H6/c1-3-5-10-6-7-12-13(11(10)4-2)15-9-8-14-12;1-2/h3-5,12-14H,2,6-9H2,1H3;1-2H3/b5-3-;. The zero-order chi connectivity index (χ0) is 12.7. The summed E-state index contributed by atoms with van der Waals surface area (Å²) in [5, 5.41) is 3.52. The van der Waals surface area contributed by atoms with Gasteiger partial charge in [-0.15, -0.1) is 0 Å². The first-order chi connectivity index (χ1) is 8.36. The predicted octanol–water partition coefficient (Wildman–Crippen LogP) is 3.22. The van der Waals surface area contributed by atoms with Gasteiger partial charge in [-0.3, -0.25) is 0 Å². The third-order valence-electron chi connectivity index (χ3n) is 3.16. The van der Waals surface area contributed by atoms with Crippen molar-refractivity contribution in [3.05, 3.63) is 36.0 Å². The third-order valence-corrected chi connectivity index (χ3v) is 3.16. The second-order valence-electron chi connectivity index (χ2n) is 4.08. The number of hydrogen-bond donors (Lipinski definition) is 1. The molecule has 0 spiro atoms. The van der Waals surface area contributed by atoms with Crippen LogP contribution in [-0.2, 0) is 4.74 Å². The lowest BCUT2D eigenvalue weighted by Gasteiger charge is -2.38. The SMILES string of the molecule is C=CC1=C(/C=C\C)CCC2NCCOC12.CC. The Balaban J connectivity index is 0.000000686. The fourth-order valence-electron chi connectivity index (χ4n) is 2.48. The van der Waals surface area contributed by atoms with E-state index in [-0.39, 0.29) is 6.10 Å². The van der Waals surface area contributed by atoms with Gasteiger partial charge in [-0.25, -0.2) is 0 Å². The summed E-state index contributed by atoms with van der Waals surface area (Å²) >= 11 is 0. The molecule has 0 radical (unpaired) electrons. The van der Waals surface area contributed by atoms with Crippen LogP contribution in [0.3, 0.4) is 0 Å². The molecule has 2 atom stereocenters. The zero-order valence-electron chi connectivity index (χ0n) is 11.3. The molecule has 0 saturated carbocycles. The zero-order valence-corrected chi connectivity index (χ0v) is 11.3. The fourth-order valence-corrected chi connectivity index (χ4v) is 2.48. The van der Waals surface area contributed by atoms with Crippen LogP contribution in [-0.4, -0.2) is 25.3 Å². The molecule has 1 saturated heterocycles. The molecule has 96 valence electrons. The Kier molecular flexibility index (Phi) is 6.23. The molecule has 0 bridgehead atoms. The van der Waals surface area contributed by atoms with Crippen molar-refractivity contribution >= 4 is 0 Å². The minimum Gasteiger partial charge on any atom is -0.371 e. The molecule has 0 aromatic carbocycles. The molecule has 1 N–H and O–H groups in total. The first-order valence-corrected chi connectivity index (χ1v) is 6.70. The summed E-state index contributed by atoms with van der Waals surface area (Å²) in [4.78, 5) is 0. The Labute approximate surface area is 105 Å². The summed E-state index contributed by atoms with van der Waals surface area (Å²) in [5.74, 6) is 0. The van der Waals surface area contributed by atoms with Gasteiger partial charge in [0.1, 0.15) is 0 Å². The summed E-state index contributed by atoms with van der Waals surface area (Å²) in [6.45, 7) is 11.7. The summed E-state index contributed by atoms with van der Waals surface area (Å²) in [7, 11) is 0. The van der Waals surface area contributed by atoms with E-state index < -0.39 is 0 Å². The molecule has 2 nitrogen and oxygen atoms in total. The quantitative estimate of drug-likeness (QED) is 0.793. The van der Waals surface area contributed by atoms with Crippen LogP contribution in [0.1, 0.15) is 33.6 Å². The van der Waals surface area contributed by atoms with Gasteiger partial charge in [0.25, 0.3) is 0 Å². The molecule has 1 aliphatic carbocycles. The maximum absolute atomic E-state index is 5.84. The molecule has 0 aromatic heterocycles. The van der Waals surface area contributed by atoms with Crippen molar-refractivity contribution in [2.75, 3.05) is 13.2 Å². The van der Waals surface area contributed by atoms with Gasteiger partial charge in [-0.1, -0.05) is 38.7 Å². The van der Waals surface area contributed by atoms with Crippen LogP contribution < -0.4 is 5.32 Å². The lowest BCUT2D eigenvalue weighted by molar-refractivity contribution is 0.0144. The smallest absolute Gasteiger partial charge is 0.0980 e. The van der Waals surface area contributed by atoms with Gasteiger partial charge >= 0.3 is 0 Å². The van der Waals surface area contributed by atoms with Crippen LogP contribution in [0, 0.1) is 0 Å². The van der Waals surface area contributed by atoms with Crippen LogP contribution in [0.15, 0.2) is 36.0 Å². The van der Waals surface area contributed by atoms with Crippen molar-refractivity contribution in [1.29, 1.82) is 0 Å². The van der Waals surface area contributed by atoms with Crippen molar-refractivity contribution in [2.45, 2.75) is 45.8 Å². The molecule has 2 heteroatoms. The molecule has 1 heterocycles. The van der Waals surface area contributed by atoms with Gasteiger partial charge in [0, 0.05) is 12.6 Å². The average Bonchev–Trinajstić information content (AvgIpc) is 2.41. The first kappa shape index (κ1) is 14.2. The molecular weight excluding hydrogens is 210 g/mol. The molecule has 0 aromatic rings. The van der Waals surface area contributed by atoms with Crippen molar-refractivity contribution in [3.63, 3.8) is 0 Å². The number of fused-ring (bicyclic) bond motifs is 1. The Hall–Kier alpha value is -0.860. The maximum atomic E-state index is 5.84. The summed E-state index contributed by atoms with van der Waals surface area (Å²) in [6.07, 6.45) is 8.75. The largest absolute Gasteiger partial charge is 0.371 e. The first-order valence-electron chi connectivity index (χ1n) is 6.70. The van der Waals surface area contributed by atoms with E-state index in [0.29, 0.717) is 6.04 Å². The molecule has 17 heavy (non-hydrogen) atoms. The van der Waals surface area contributed by atoms with E-state index in [1.807, 2.05) is 19.9 Å². The summed E-state index contributed by atoms with van der Waals surface area (Å²) in [6, 6.07) is 0.487. The predicted molar refractivity (Wildman–Crippen MR) is 74.1 cm³/mol. The van der Waals surface area contributed by atoms with Crippen LogP contribution in [0.25, 0.3) is 0 Å². The van der Waals surface area contributed by atoms with E-state index in [2.05, 4.69) is 31.0 Å².